The largest absolute Gasteiger partial charge is 0.458 e. The average molecular weight is 439 g/mol. The van der Waals surface area contributed by atoms with Gasteiger partial charge >= 0.3 is 5.97 Å². The van der Waals surface area contributed by atoms with Gasteiger partial charge in [-0.2, -0.15) is 0 Å². The van der Waals surface area contributed by atoms with Crippen molar-refractivity contribution in [3.05, 3.63) is 57.1 Å². The predicted molar refractivity (Wildman–Crippen MR) is 117 cm³/mol. The number of benzene rings is 1. The number of rotatable bonds is 2. The number of ether oxygens (including phenoxy) is 1. The van der Waals surface area contributed by atoms with Crippen LogP contribution in [0.1, 0.15) is 30.0 Å². The third kappa shape index (κ3) is 2.67. The first-order valence-electron chi connectivity index (χ1n) is 10.4. The maximum atomic E-state index is 14.7. The Morgan fingerprint density at radius 2 is 2.00 bits per heavy atom. The first-order valence-corrected chi connectivity index (χ1v) is 13.9. The molecule has 0 fully saturated rings. The fraction of sp³-hybridized carbons (Fsp3) is 0.348. The summed E-state index contributed by atoms with van der Waals surface area (Å²) in [5.41, 5.74) is 0.855. The molecular weight excluding hydrogens is 415 g/mol. The molecule has 160 valence electrons. The fourth-order valence-electron chi connectivity index (χ4n) is 4.64. The van der Waals surface area contributed by atoms with Gasteiger partial charge in [0.2, 0.25) is 0 Å². The second kappa shape index (κ2) is 6.33. The molecule has 6 nitrogen and oxygen atoms in total. The number of esters is 1. The molecule has 1 N–H and O–H groups in total. The van der Waals surface area contributed by atoms with Crippen LogP contribution in [0.4, 0.5) is 4.39 Å². The van der Waals surface area contributed by atoms with E-state index in [0.717, 1.165) is 10.8 Å². The molecule has 0 bridgehead atoms. The van der Waals surface area contributed by atoms with Gasteiger partial charge in [0.25, 0.3) is 5.56 Å². The number of pyridine rings is 2. The van der Waals surface area contributed by atoms with Crippen molar-refractivity contribution >= 4 is 30.1 Å². The van der Waals surface area contributed by atoms with Crippen LogP contribution in [-0.2, 0) is 28.3 Å². The van der Waals surface area contributed by atoms with E-state index in [0.29, 0.717) is 22.3 Å². The molecule has 0 saturated heterocycles. The van der Waals surface area contributed by atoms with Gasteiger partial charge in [0.1, 0.15) is 12.4 Å². The molecule has 2 aliphatic heterocycles. The SMILES string of the molecule is CC[C@@]1(O)C(=O)OCc2c1cc1n(c2=O)Cc2cc3c(F)ccc([Si](C)(C)C)c3nc2-1. The lowest BCUT2D eigenvalue weighted by Gasteiger charge is -2.31. The van der Waals surface area contributed by atoms with Crippen LogP contribution in [0.25, 0.3) is 22.3 Å². The summed E-state index contributed by atoms with van der Waals surface area (Å²) in [5.74, 6) is -1.09. The number of halogens is 1. The van der Waals surface area contributed by atoms with Gasteiger partial charge in [0.15, 0.2) is 5.60 Å². The van der Waals surface area contributed by atoms with Gasteiger partial charge in [-0.05, 0) is 29.8 Å². The lowest BCUT2D eigenvalue weighted by atomic mass is 9.86. The van der Waals surface area contributed by atoms with E-state index in [1.54, 1.807) is 23.6 Å². The minimum Gasteiger partial charge on any atom is -0.458 e. The Kier molecular flexibility index (Phi) is 4.10. The number of hydrogen-bond acceptors (Lipinski definition) is 5. The molecule has 0 radical (unpaired) electrons. The summed E-state index contributed by atoms with van der Waals surface area (Å²) in [7, 11) is -1.82. The van der Waals surface area contributed by atoms with Crippen LogP contribution in [0.5, 0.6) is 0 Å². The van der Waals surface area contributed by atoms with Gasteiger partial charge in [-0.25, -0.2) is 14.2 Å². The van der Waals surface area contributed by atoms with E-state index in [-0.39, 0.29) is 42.1 Å². The van der Waals surface area contributed by atoms with Crippen LogP contribution < -0.4 is 10.7 Å². The van der Waals surface area contributed by atoms with Crippen LogP contribution in [-0.4, -0.2) is 28.7 Å². The number of cyclic esters (lactones) is 1. The standard InChI is InChI=1S/C23H23FN2O4Si/c1-5-23(29)15-9-17-19-12(10-26(17)21(27)14(15)11-30-22(23)28)8-13-16(24)6-7-18(20(13)25-19)31(2,3)4/h6-9,29H,5,10-11H2,1-4H3/t23-/m0/s1. The number of carbonyl (C=O) groups is 1. The first-order chi connectivity index (χ1) is 14.6. The molecule has 0 spiro atoms. The molecule has 0 unspecified atom stereocenters. The Morgan fingerprint density at radius 1 is 1.26 bits per heavy atom. The Labute approximate surface area is 179 Å². The summed E-state index contributed by atoms with van der Waals surface area (Å²) < 4.78 is 21.4. The minimum atomic E-state index is -1.86. The van der Waals surface area contributed by atoms with Crippen molar-refractivity contribution in [2.45, 2.75) is 51.7 Å². The van der Waals surface area contributed by atoms with E-state index >= 15 is 0 Å². The number of aliphatic hydroxyl groups is 1. The van der Waals surface area contributed by atoms with Crippen LogP contribution >= 0.6 is 0 Å². The fourth-order valence-corrected chi connectivity index (χ4v) is 6.12. The van der Waals surface area contributed by atoms with Gasteiger partial charge in [0, 0.05) is 16.5 Å². The first kappa shape index (κ1) is 20.1. The van der Waals surface area contributed by atoms with Crippen molar-refractivity contribution in [1.29, 1.82) is 0 Å². The molecule has 0 saturated carbocycles. The van der Waals surface area contributed by atoms with Crippen molar-refractivity contribution in [1.82, 2.24) is 9.55 Å². The van der Waals surface area contributed by atoms with Crippen LogP contribution in [0, 0.1) is 5.82 Å². The molecule has 0 aliphatic carbocycles. The molecule has 31 heavy (non-hydrogen) atoms. The molecule has 0 amide bonds. The lowest BCUT2D eigenvalue weighted by Crippen LogP contribution is -2.44. The molecule has 2 aromatic heterocycles. The number of aromatic nitrogens is 2. The quantitative estimate of drug-likeness (QED) is 0.385. The van der Waals surface area contributed by atoms with E-state index in [1.807, 2.05) is 6.07 Å². The Hall–Kier alpha value is -2.84. The second-order valence-corrected chi connectivity index (χ2v) is 14.4. The molecule has 3 aromatic rings. The summed E-state index contributed by atoms with van der Waals surface area (Å²) in [6, 6.07) is 6.75. The summed E-state index contributed by atoms with van der Waals surface area (Å²) >= 11 is 0. The van der Waals surface area contributed by atoms with Crippen LogP contribution in [0.2, 0.25) is 19.6 Å². The maximum absolute atomic E-state index is 14.7. The van der Waals surface area contributed by atoms with Crippen molar-refractivity contribution < 1.29 is 19.0 Å². The average Bonchev–Trinajstić information content (AvgIpc) is 3.07. The third-order valence-corrected chi connectivity index (χ3v) is 8.45. The molecule has 1 aromatic carbocycles. The Balaban J connectivity index is 1.83. The molecule has 8 heteroatoms. The zero-order valence-corrected chi connectivity index (χ0v) is 18.9. The molecular formula is C23H23FN2O4Si. The van der Waals surface area contributed by atoms with Gasteiger partial charge in [-0.1, -0.05) is 32.6 Å². The van der Waals surface area contributed by atoms with E-state index in [4.69, 9.17) is 9.72 Å². The van der Waals surface area contributed by atoms with Gasteiger partial charge in [0.05, 0.1) is 37.1 Å². The third-order valence-electron chi connectivity index (χ3n) is 6.43. The lowest BCUT2D eigenvalue weighted by molar-refractivity contribution is -0.172. The van der Waals surface area contributed by atoms with Crippen molar-refractivity contribution in [3.8, 4) is 11.4 Å². The minimum absolute atomic E-state index is 0.0880. The van der Waals surface area contributed by atoms with Crippen molar-refractivity contribution in [2.75, 3.05) is 0 Å². The summed E-state index contributed by atoms with van der Waals surface area (Å²) in [4.78, 5) is 30.4. The van der Waals surface area contributed by atoms with Gasteiger partial charge in [-0.3, -0.25) is 4.79 Å². The molecule has 4 heterocycles. The van der Waals surface area contributed by atoms with Crippen LogP contribution in [0.3, 0.4) is 0 Å². The summed E-state index contributed by atoms with van der Waals surface area (Å²) in [6.07, 6.45) is 0.0880. The smallest absolute Gasteiger partial charge is 0.343 e. The summed E-state index contributed by atoms with van der Waals surface area (Å²) in [6.45, 7) is 8.29. The van der Waals surface area contributed by atoms with Gasteiger partial charge in [-0.15, -0.1) is 0 Å². The predicted octanol–water partition coefficient (Wildman–Crippen LogP) is 2.76. The monoisotopic (exact) mass is 438 g/mol. The molecule has 2 aliphatic rings. The van der Waals surface area contributed by atoms with E-state index in [2.05, 4.69) is 19.6 Å². The zero-order chi connectivity index (χ0) is 22.3. The Morgan fingerprint density at radius 3 is 2.68 bits per heavy atom. The number of nitrogens with zero attached hydrogens (tertiary/aromatic N) is 2. The normalized spacial score (nSPS) is 19.7. The van der Waals surface area contributed by atoms with Crippen molar-refractivity contribution in [3.63, 3.8) is 0 Å². The van der Waals surface area contributed by atoms with Crippen LogP contribution in [0.15, 0.2) is 29.1 Å². The number of carbonyl (C=O) groups excluding carboxylic acids is 1. The van der Waals surface area contributed by atoms with Gasteiger partial charge < -0.3 is 14.4 Å². The summed E-state index contributed by atoms with van der Waals surface area (Å²) in [5, 5.41) is 12.5. The Bertz CT molecular complexity index is 1360. The number of fused-ring (bicyclic) bond motifs is 5. The highest BCUT2D eigenvalue weighted by Crippen LogP contribution is 2.38. The van der Waals surface area contributed by atoms with E-state index in [9.17, 15) is 19.1 Å². The maximum Gasteiger partial charge on any atom is 0.343 e. The van der Waals surface area contributed by atoms with E-state index < -0.39 is 19.6 Å². The van der Waals surface area contributed by atoms with Crippen molar-refractivity contribution in [2.24, 2.45) is 0 Å². The molecule has 1 atom stereocenters. The highest BCUT2D eigenvalue weighted by atomic mass is 28.3. The number of hydrogen-bond donors (Lipinski definition) is 1. The second-order valence-electron chi connectivity index (χ2n) is 9.34. The highest BCUT2D eigenvalue weighted by Gasteiger charge is 2.45. The zero-order valence-electron chi connectivity index (χ0n) is 17.9. The van der Waals surface area contributed by atoms with E-state index in [1.165, 1.54) is 6.07 Å². The topological polar surface area (TPSA) is 81.4 Å². The highest BCUT2D eigenvalue weighted by molar-refractivity contribution is 6.90. The molecule has 5 rings (SSSR count).